The van der Waals surface area contributed by atoms with E-state index in [0.29, 0.717) is 20.1 Å². The molecule has 2 atom stereocenters. The van der Waals surface area contributed by atoms with Gasteiger partial charge in [0.25, 0.3) is 5.91 Å². The highest BCUT2D eigenvalue weighted by Gasteiger charge is 2.38. The Morgan fingerprint density at radius 2 is 1.86 bits per heavy atom. The van der Waals surface area contributed by atoms with Gasteiger partial charge in [0.2, 0.25) is 0 Å². The molecule has 0 aliphatic heterocycles. The molecular formula is C24H25BrClF3N4O3S. The summed E-state index contributed by atoms with van der Waals surface area (Å²) in [5.41, 5.74) is -0.457. The molecule has 3 aromatic rings. The molecule has 0 bridgehead atoms. The van der Waals surface area contributed by atoms with Crippen LogP contribution in [0.4, 0.5) is 18.0 Å². The van der Waals surface area contributed by atoms with Gasteiger partial charge in [-0.1, -0.05) is 50.6 Å². The van der Waals surface area contributed by atoms with Crippen LogP contribution in [0.1, 0.15) is 41.6 Å². The van der Waals surface area contributed by atoms with Gasteiger partial charge in [-0.3, -0.25) is 9.48 Å². The third kappa shape index (κ3) is 6.85. The monoisotopic (exact) mass is 620 g/mol. The largest absolute Gasteiger partial charge is 0.465 e. The van der Waals surface area contributed by atoms with Crippen LogP contribution in [0.5, 0.6) is 0 Å². The molecule has 0 aliphatic carbocycles. The predicted molar refractivity (Wildman–Crippen MR) is 140 cm³/mol. The average molecular weight is 622 g/mol. The van der Waals surface area contributed by atoms with E-state index in [1.165, 1.54) is 18.2 Å². The van der Waals surface area contributed by atoms with E-state index >= 15 is 0 Å². The number of aromatic nitrogens is 2. The molecule has 37 heavy (non-hydrogen) atoms. The third-order valence-electron chi connectivity index (χ3n) is 5.75. The highest BCUT2D eigenvalue weighted by Crippen LogP contribution is 2.39. The van der Waals surface area contributed by atoms with Crippen LogP contribution < -0.4 is 10.6 Å². The molecule has 7 nitrogen and oxygen atoms in total. The summed E-state index contributed by atoms with van der Waals surface area (Å²) in [4.78, 5) is 25.2. The van der Waals surface area contributed by atoms with Crippen molar-refractivity contribution in [3.63, 3.8) is 0 Å². The van der Waals surface area contributed by atoms with Crippen molar-refractivity contribution in [3.8, 4) is 11.3 Å². The molecule has 2 amide bonds. The number of nitrogens with one attached hydrogen (secondary N) is 2. The molecule has 3 N–H and O–H groups in total. The minimum Gasteiger partial charge on any atom is -0.465 e. The Labute approximate surface area is 229 Å². The number of carbonyl (C=O) groups excluding carboxylic acids is 1. The quantitative estimate of drug-likeness (QED) is 0.277. The average Bonchev–Trinajstić information content (AvgIpc) is 3.31. The fourth-order valence-corrected chi connectivity index (χ4v) is 5.86. The van der Waals surface area contributed by atoms with E-state index in [1.54, 1.807) is 44.8 Å². The number of aryl methyl sites for hydroxylation is 1. The van der Waals surface area contributed by atoms with Gasteiger partial charge in [-0.25, -0.2) is 4.79 Å². The van der Waals surface area contributed by atoms with Crippen LogP contribution in [0.25, 0.3) is 11.3 Å². The number of carboxylic acid groups (broad SMARTS) is 1. The van der Waals surface area contributed by atoms with Crippen LogP contribution >= 0.6 is 38.9 Å². The minimum absolute atomic E-state index is 0.0644. The van der Waals surface area contributed by atoms with Gasteiger partial charge in [0.05, 0.1) is 38.9 Å². The fraction of sp³-hybridized carbons (Fsp3) is 0.375. The van der Waals surface area contributed by atoms with E-state index in [0.717, 1.165) is 17.4 Å². The molecule has 3 rings (SSSR count). The second kappa shape index (κ2) is 11.0. The lowest BCUT2D eigenvalue weighted by molar-refractivity contribution is -0.138. The number of halogens is 5. The van der Waals surface area contributed by atoms with Crippen molar-refractivity contribution in [2.75, 3.05) is 0 Å². The first kappa shape index (κ1) is 29.0. The van der Waals surface area contributed by atoms with E-state index in [4.69, 9.17) is 11.6 Å². The Balaban J connectivity index is 2.01. The summed E-state index contributed by atoms with van der Waals surface area (Å²) < 4.78 is 43.7. The summed E-state index contributed by atoms with van der Waals surface area (Å²) in [5.74, 6) is -0.590. The Morgan fingerprint density at radius 3 is 2.41 bits per heavy atom. The van der Waals surface area contributed by atoms with Crippen molar-refractivity contribution in [1.82, 2.24) is 20.4 Å². The summed E-state index contributed by atoms with van der Waals surface area (Å²) in [6.07, 6.45) is -4.65. The van der Waals surface area contributed by atoms with Gasteiger partial charge in [0.1, 0.15) is 4.34 Å². The first-order chi connectivity index (χ1) is 17.1. The third-order valence-corrected chi connectivity index (χ3v) is 7.69. The molecular weight excluding hydrogens is 597 g/mol. The number of hydrogen-bond donors (Lipinski definition) is 3. The molecule has 0 aliphatic rings. The van der Waals surface area contributed by atoms with Gasteiger partial charge in [-0.2, -0.15) is 18.3 Å². The van der Waals surface area contributed by atoms with Crippen molar-refractivity contribution in [2.24, 2.45) is 12.5 Å². The molecule has 2 heterocycles. The maximum atomic E-state index is 13.7. The van der Waals surface area contributed by atoms with Crippen LogP contribution in [0.15, 0.2) is 41.0 Å². The standard InChI is InChI=1S/C24H25BrClF3N4O3S/c1-23(2,3)19(32-22(35)36)16(9-12-7-5-6-8-14(12)24(27,28)29)31-21(34)17-10-13(20(26)37-17)18-15(25)11-30-33(18)4/h5-8,10-11,16,19,32H,9H2,1-4H3,(H,31,34)(H,35,36)/t16-,19?/m0/s1. The number of amides is 2. The number of benzene rings is 1. The summed E-state index contributed by atoms with van der Waals surface area (Å²) in [7, 11) is 1.72. The van der Waals surface area contributed by atoms with E-state index in [2.05, 4.69) is 31.7 Å². The molecule has 0 fully saturated rings. The van der Waals surface area contributed by atoms with Crippen molar-refractivity contribution >= 4 is 50.9 Å². The number of rotatable bonds is 7. The maximum absolute atomic E-state index is 13.7. The Hall–Kier alpha value is -2.57. The Morgan fingerprint density at radius 1 is 1.22 bits per heavy atom. The molecule has 200 valence electrons. The smallest absolute Gasteiger partial charge is 0.416 e. The van der Waals surface area contributed by atoms with Crippen molar-refractivity contribution in [2.45, 2.75) is 45.5 Å². The second-order valence-electron chi connectivity index (χ2n) is 9.49. The van der Waals surface area contributed by atoms with Crippen molar-refractivity contribution in [3.05, 3.63) is 61.3 Å². The summed E-state index contributed by atoms with van der Waals surface area (Å²) in [5, 5.41) is 18.8. The Bertz CT molecular complexity index is 1280. The fourth-order valence-electron chi connectivity index (χ4n) is 4.11. The number of carbonyl (C=O) groups is 2. The lowest BCUT2D eigenvalue weighted by Crippen LogP contribution is -2.58. The van der Waals surface area contributed by atoms with E-state index in [9.17, 15) is 27.9 Å². The molecule has 0 spiro atoms. The van der Waals surface area contributed by atoms with Gasteiger partial charge >= 0.3 is 12.3 Å². The zero-order valence-electron chi connectivity index (χ0n) is 20.3. The van der Waals surface area contributed by atoms with Gasteiger partial charge in [0, 0.05) is 12.6 Å². The lowest BCUT2D eigenvalue weighted by atomic mass is 9.79. The zero-order valence-corrected chi connectivity index (χ0v) is 23.4. The molecule has 0 radical (unpaired) electrons. The molecule has 2 aromatic heterocycles. The first-order valence-electron chi connectivity index (χ1n) is 11.0. The van der Waals surface area contributed by atoms with Crippen LogP contribution in [0.2, 0.25) is 4.34 Å². The molecule has 1 aromatic carbocycles. The van der Waals surface area contributed by atoms with Gasteiger partial charge in [0.15, 0.2) is 0 Å². The summed E-state index contributed by atoms with van der Waals surface area (Å²) >= 11 is 10.8. The molecule has 13 heteroatoms. The number of thiophene rings is 1. The number of nitrogens with zero attached hydrogens (tertiary/aromatic N) is 2. The summed E-state index contributed by atoms with van der Waals surface area (Å²) in [6, 6.07) is 4.67. The topological polar surface area (TPSA) is 96.3 Å². The number of hydrogen-bond acceptors (Lipinski definition) is 4. The first-order valence-corrected chi connectivity index (χ1v) is 13.0. The van der Waals surface area contributed by atoms with Gasteiger partial charge in [-0.05, 0) is 45.5 Å². The second-order valence-corrected chi connectivity index (χ2v) is 12.0. The zero-order chi connectivity index (χ0) is 27.7. The van der Waals surface area contributed by atoms with E-state index in [-0.39, 0.29) is 16.9 Å². The Kier molecular flexibility index (Phi) is 8.65. The van der Waals surface area contributed by atoms with E-state index in [1.807, 2.05) is 0 Å². The number of alkyl halides is 3. The van der Waals surface area contributed by atoms with Crippen LogP contribution in [0, 0.1) is 5.41 Å². The van der Waals surface area contributed by atoms with Crippen LogP contribution in [-0.4, -0.2) is 39.0 Å². The molecule has 0 saturated carbocycles. The predicted octanol–water partition coefficient (Wildman–Crippen LogP) is 6.61. The normalized spacial score (nSPS) is 13.8. The summed E-state index contributed by atoms with van der Waals surface area (Å²) in [6.45, 7) is 5.22. The van der Waals surface area contributed by atoms with Crippen LogP contribution in [0.3, 0.4) is 0 Å². The SMILES string of the molecule is Cn1ncc(Br)c1-c1cc(C(=O)N[C@@H](Cc2ccccc2C(F)(F)F)C(NC(=O)O)C(C)(C)C)sc1Cl. The highest BCUT2D eigenvalue weighted by atomic mass is 79.9. The van der Waals surface area contributed by atoms with E-state index < -0.39 is 41.2 Å². The maximum Gasteiger partial charge on any atom is 0.416 e. The minimum atomic E-state index is -4.62. The molecule has 1 unspecified atom stereocenters. The van der Waals surface area contributed by atoms with Crippen molar-refractivity contribution in [1.29, 1.82) is 0 Å². The van der Waals surface area contributed by atoms with Gasteiger partial charge < -0.3 is 15.7 Å². The lowest BCUT2D eigenvalue weighted by Gasteiger charge is -2.37. The highest BCUT2D eigenvalue weighted by molar-refractivity contribution is 9.10. The van der Waals surface area contributed by atoms with Crippen LogP contribution in [-0.2, 0) is 19.6 Å². The molecule has 0 saturated heterocycles. The van der Waals surface area contributed by atoms with Crippen molar-refractivity contribution < 1.29 is 27.9 Å². The van der Waals surface area contributed by atoms with Gasteiger partial charge in [-0.15, -0.1) is 11.3 Å².